The lowest BCUT2D eigenvalue weighted by molar-refractivity contribution is 0.0692. The maximum atomic E-state index is 5.82. The van der Waals surface area contributed by atoms with E-state index in [0.717, 1.165) is 48.4 Å². The van der Waals surface area contributed by atoms with Gasteiger partial charge in [-0.25, -0.2) is 0 Å². The van der Waals surface area contributed by atoms with Crippen molar-refractivity contribution in [1.29, 1.82) is 0 Å². The molecule has 0 bridgehead atoms. The predicted octanol–water partition coefficient (Wildman–Crippen LogP) is 2.44. The third-order valence-corrected chi connectivity index (χ3v) is 4.01. The molecule has 1 fully saturated rings. The SMILES string of the molecule is CSCCOc1ccccc1C(=S)N1CCOCC1. The Kier molecular flexibility index (Phi) is 5.94. The molecule has 0 aromatic heterocycles. The molecule has 5 heteroatoms. The Labute approximate surface area is 124 Å². The molecule has 19 heavy (non-hydrogen) atoms. The molecule has 0 amide bonds. The first-order valence-electron chi connectivity index (χ1n) is 6.40. The Morgan fingerprint density at radius 1 is 1.37 bits per heavy atom. The summed E-state index contributed by atoms with van der Waals surface area (Å²) in [6, 6.07) is 8.01. The van der Waals surface area contributed by atoms with Crippen LogP contribution in [-0.2, 0) is 4.74 Å². The Hall–Kier alpha value is -0.780. The monoisotopic (exact) mass is 297 g/mol. The van der Waals surface area contributed by atoms with Crippen LogP contribution in [0.3, 0.4) is 0 Å². The molecule has 0 N–H and O–H groups in total. The summed E-state index contributed by atoms with van der Waals surface area (Å²) in [4.78, 5) is 3.05. The van der Waals surface area contributed by atoms with Crippen LogP contribution in [0.2, 0.25) is 0 Å². The summed E-state index contributed by atoms with van der Waals surface area (Å²) in [6.07, 6.45) is 2.08. The normalized spacial score (nSPS) is 15.3. The summed E-state index contributed by atoms with van der Waals surface area (Å²) >= 11 is 7.37. The second-order valence-corrected chi connectivity index (χ2v) is 5.61. The van der Waals surface area contributed by atoms with Gasteiger partial charge in [0.15, 0.2) is 0 Å². The lowest BCUT2D eigenvalue weighted by Crippen LogP contribution is -2.40. The smallest absolute Gasteiger partial charge is 0.129 e. The van der Waals surface area contributed by atoms with Crippen molar-refractivity contribution in [2.45, 2.75) is 0 Å². The largest absolute Gasteiger partial charge is 0.492 e. The molecule has 0 unspecified atom stereocenters. The maximum absolute atomic E-state index is 5.82. The molecule has 0 spiro atoms. The zero-order valence-electron chi connectivity index (χ0n) is 11.1. The van der Waals surface area contributed by atoms with E-state index in [9.17, 15) is 0 Å². The summed E-state index contributed by atoms with van der Waals surface area (Å²) < 4.78 is 11.2. The van der Waals surface area contributed by atoms with Gasteiger partial charge in [-0.1, -0.05) is 24.4 Å². The van der Waals surface area contributed by atoms with Gasteiger partial charge in [0.05, 0.1) is 25.4 Å². The topological polar surface area (TPSA) is 21.7 Å². The zero-order valence-corrected chi connectivity index (χ0v) is 12.8. The number of hydrogen-bond acceptors (Lipinski definition) is 4. The van der Waals surface area contributed by atoms with Crippen molar-refractivity contribution in [2.75, 3.05) is 44.9 Å². The Balaban J connectivity index is 2.07. The van der Waals surface area contributed by atoms with Crippen LogP contribution >= 0.6 is 24.0 Å². The summed E-state index contributed by atoms with van der Waals surface area (Å²) in [5.74, 6) is 1.87. The van der Waals surface area contributed by atoms with Gasteiger partial charge in [-0.3, -0.25) is 0 Å². The molecule has 1 aliphatic heterocycles. The van der Waals surface area contributed by atoms with E-state index in [2.05, 4.69) is 11.2 Å². The number of nitrogens with zero attached hydrogens (tertiary/aromatic N) is 1. The third-order valence-electron chi connectivity index (χ3n) is 2.96. The average molecular weight is 297 g/mol. The predicted molar refractivity (Wildman–Crippen MR) is 84.4 cm³/mol. The van der Waals surface area contributed by atoms with Crippen molar-refractivity contribution < 1.29 is 9.47 Å². The Morgan fingerprint density at radius 2 is 2.11 bits per heavy atom. The molecule has 1 aromatic carbocycles. The fourth-order valence-electron chi connectivity index (χ4n) is 1.94. The highest BCUT2D eigenvalue weighted by atomic mass is 32.2. The molecule has 0 radical (unpaired) electrons. The van der Waals surface area contributed by atoms with E-state index in [1.807, 2.05) is 24.3 Å². The molecule has 1 aliphatic rings. The van der Waals surface area contributed by atoms with E-state index in [-0.39, 0.29) is 0 Å². The van der Waals surface area contributed by atoms with Crippen molar-refractivity contribution in [3.63, 3.8) is 0 Å². The van der Waals surface area contributed by atoms with Crippen molar-refractivity contribution in [3.8, 4) is 5.75 Å². The van der Waals surface area contributed by atoms with Gasteiger partial charge in [-0.15, -0.1) is 0 Å². The number of morpholine rings is 1. The number of para-hydroxylation sites is 1. The number of thiocarbonyl (C=S) groups is 1. The van der Waals surface area contributed by atoms with Crippen LogP contribution in [-0.4, -0.2) is 54.8 Å². The van der Waals surface area contributed by atoms with Gasteiger partial charge in [-0.05, 0) is 18.4 Å². The van der Waals surface area contributed by atoms with E-state index in [0.29, 0.717) is 6.61 Å². The van der Waals surface area contributed by atoms with Gasteiger partial charge in [0.1, 0.15) is 10.7 Å². The standard InChI is InChI=1S/C14H19NO2S2/c1-19-11-10-17-13-5-3-2-4-12(13)14(18)15-6-8-16-9-7-15/h2-5H,6-11H2,1H3. The Bertz CT molecular complexity index is 420. The van der Waals surface area contributed by atoms with Crippen LogP contribution in [0.4, 0.5) is 0 Å². The summed E-state index contributed by atoms with van der Waals surface area (Å²) in [5, 5.41) is 0. The molecule has 0 saturated carbocycles. The van der Waals surface area contributed by atoms with Crippen LogP contribution in [0.5, 0.6) is 5.75 Å². The summed E-state index contributed by atoms with van der Waals surface area (Å²) in [6.45, 7) is 3.92. The second kappa shape index (κ2) is 7.72. The quantitative estimate of drug-likeness (QED) is 0.613. The second-order valence-electron chi connectivity index (χ2n) is 4.24. The molecule has 1 heterocycles. The number of rotatable bonds is 5. The van der Waals surface area contributed by atoms with Gasteiger partial charge in [0.2, 0.25) is 0 Å². The third kappa shape index (κ3) is 4.09. The first kappa shape index (κ1) is 14.6. The molecule has 1 aromatic rings. The van der Waals surface area contributed by atoms with E-state index in [1.165, 1.54) is 0 Å². The van der Waals surface area contributed by atoms with Crippen molar-refractivity contribution >= 4 is 29.0 Å². The number of ether oxygens (including phenoxy) is 2. The lowest BCUT2D eigenvalue weighted by Gasteiger charge is -2.29. The van der Waals surface area contributed by atoms with E-state index in [1.54, 1.807) is 11.8 Å². The molecule has 0 aliphatic carbocycles. The fraction of sp³-hybridized carbons (Fsp3) is 0.500. The van der Waals surface area contributed by atoms with Crippen LogP contribution < -0.4 is 4.74 Å². The van der Waals surface area contributed by atoms with Crippen LogP contribution in [0.1, 0.15) is 5.56 Å². The highest BCUT2D eigenvalue weighted by Crippen LogP contribution is 2.21. The number of thioether (sulfide) groups is 1. The molecule has 1 saturated heterocycles. The first-order valence-corrected chi connectivity index (χ1v) is 8.21. The number of hydrogen-bond donors (Lipinski definition) is 0. The highest BCUT2D eigenvalue weighted by molar-refractivity contribution is 7.98. The fourth-order valence-corrected chi connectivity index (χ4v) is 2.54. The van der Waals surface area contributed by atoms with Gasteiger partial charge in [-0.2, -0.15) is 11.8 Å². The number of benzene rings is 1. The van der Waals surface area contributed by atoms with E-state index < -0.39 is 0 Å². The molecule has 2 rings (SSSR count). The first-order chi connectivity index (χ1) is 9.33. The maximum Gasteiger partial charge on any atom is 0.129 e. The molecule has 104 valence electrons. The van der Waals surface area contributed by atoms with E-state index >= 15 is 0 Å². The van der Waals surface area contributed by atoms with Crippen molar-refractivity contribution in [3.05, 3.63) is 29.8 Å². The molecular formula is C14H19NO2S2. The Morgan fingerprint density at radius 3 is 2.84 bits per heavy atom. The molecule has 0 atom stereocenters. The van der Waals surface area contributed by atoms with E-state index in [4.69, 9.17) is 21.7 Å². The summed E-state index contributed by atoms with van der Waals surface area (Å²) in [5.41, 5.74) is 1.01. The minimum absolute atomic E-state index is 0.712. The minimum Gasteiger partial charge on any atom is -0.492 e. The van der Waals surface area contributed by atoms with Gasteiger partial charge < -0.3 is 14.4 Å². The summed E-state index contributed by atoms with van der Waals surface area (Å²) in [7, 11) is 0. The average Bonchev–Trinajstić information content (AvgIpc) is 2.48. The van der Waals surface area contributed by atoms with Gasteiger partial charge >= 0.3 is 0 Å². The van der Waals surface area contributed by atoms with Crippen LogP contribution in [0, 0.1) is 0 Å². The highest BCUT2D eigenvalue weighted by Gasteiger charge is 2.17. The molecular weight excluding hydrogens is 278 g/mol. The van der Waals surface area contributed by atoms with Crippen LogP contribution in [0.15, 0.2) is 24.3 Å². The van der Waals surface area contributed by atoms with Crippen molar-refractivity contribution in [1.82, 2.24) is 4.90 Å². The minimum atomic E-state index is 0.712. The van der Waals surface area contributed by atoms with Crippen LogP contribution in [0.25, 0.3) is 0 Å². The van der Waals surface area contributed by atoms with Gasteiger partial charge in [0, 0.05) is 18.8 Å². The van der Waals surface area contributed by atoms with Crippen molar-refractivity contribution in [2.24, 2.45) is 0 Å². The lowest BCUT2D eigenvalue weighted by atomic mass is 10.2. The molecule has 3 nitrogen and oxygen atoms in total. The van der Waals surface area contributed by atoms with Gasteiger partial charge in [0.25, 0.3) is 0 Å². The zero-order chi connectivity index (χ0) is 13.5.